The number of hydrogen-bond donors (Lipinski definition) is 2. The van der Waals surface area contributed by atoms with E-state index in [1.54, 1.807) is 24.3 Å². The molecule has 0 aliphatic rings. The molecule has 0 saturated carbocycles. The molecule has 7 heteroatoms. The topological polar surface area (TPSA) is 98.5 Å². The molecule has 2 aromatic carbocycles. The van der Waals surface area contributed by atoms with Crippen LogP contribution >= 0.6 is 0 Å². The number of nitrogens with one attached hydrogen (secondary N) is 1. The molecule has 0 radical (unpaired) electrons. The number of rotatable bonds is 6. The molecule has 2 aromatic rings. The molecule has 22 heavy (non-hydrogen) atoms. The highest BCUT2D eigenvalue weighted by Crippen LogP contribution is 2.21. The zero-order chi connectivity index (χ0) is 16.2. The first-order chi connectivity index (χ1) is 10.4. The van der Waals surface area contributed by atoms with E-state index in [-0.39, 0.29) is 10.5 Å². The van der Waals surface area contributed by atoms with E-state index in [1.165, 1.54) is 24.3 Å². The van der Waals surface area contributed by atoms with E-state index in [1.807, 2.05) is 6.92 Å². The fraction of sp³-hybridized carbons (Fsp3) is 0.133. The summed E-state index contributed by atoms with van der Waals surface area (Å²) in [5.41, 5.74) is 5.76. The second kappa shape index (κ2) is 6.48. The molecule has 116 valence electrons. The molecule has 0 spiro atoms. The van der Waals surface area contributed by atoms with Crippen molar-refractivity contribution in [3.05, 3.63) is 54.1 Å². The number of anilines is 1. The van der Waals surface area contributed by atoms with Crippen molar-refractivity contribution < 1.29 is 17.9 Å². The minimum Gasteiger partial charge on any atom is -0.494 e. The highest BCUT2D eigenvalue weighted by molar-refractivity contribution is 7.92. The van der Waals surface area contributed by atoms with Gasteiger partial charge in [-0.1, -0.05) is 6.07 Å². The van der Waals surface area contributed by atoms with E-state index < -0.39 is 15.9 Å². The van der Waals surface area contributed by atoms with Gasteiger partial charge in [0.05, 0.1) is 17.2 Å². The smallest absolute Gasteiger partial charge is 0.261 e. The fourth-order valence-electron chi connectivity index (χ4n) is 1.83. The zero-order valence-corrected chi connectivity index (χ0v) is 12.8. The van der Waals surface area contributed by atoms with Gasteiger partial charge in [-0.05, 0) is 43.3 Å². The normalized spacial score (nSPS) is 11.0. The predicted molar refractivity (Wildman–Crippen MR) is 83.4 cm³/mol. The van der Waals surface area contributed by atoms with Crippen molar-refractivity contribution >= 4 is 21.6 Å². The van der Waals surface area contributed by atoms with Crippen LogP contribution in [0.1, 0.15) is 17.3 Å². The lowest BCUT2D eigenvalue weighted by molar-refractivity contribution is 0.1000. The van der Waals surface area contributed by atoms with Crippen LogP contribution in [0.5, 0.6) is 5.75 Å². The lowest BCUT2D eigenvalue weighted by atomic mass is 10.2. The Morgan fingerprint density at radius 2 is 1.86 bits per heavy atom. The maximum Gasteiger partial charge on any atom is 0.261 e. The van der Waals surface area contributed by atoms with Crippen LogP contribution in [0.2, 0.25) is 0 Å². The summed E-state index contributed by atoms with van der Waals surface area (Å²) < 4.78 is 32.3. The van der Waals surface area contributed by atoms with Gasteiger partial charge in [-0.15, -0.1) is 0 Å². The Labute approximate surface area is 129 Å². The summed E-state index contributed by atoms with van der Waals surface area (Å²) in [6.45, 7) is 2.34. The summed E-state index contributed by atoms with van der Waals surface area (Å²) in [6, 6.07) is 12.0. The van der Waals surface area contributed by atoms with Gasteiger partial charge in [0, 0.05) is 11.6 Å². The van der Waals surface area contributed by atoms with Gasteiger partial charge in [-0.25, -0.2) is 8.42 Å². The van der Waals surface area contributed by atoms with Gasteiger partial charge in [0.1, 0.15) is 5.75 Å². The van der Waals surface area contributed by atoms with Crippen molar-refractivity contribution in [1.82, 2.24) is 0 Å². The van der Waals surface area contributed by atoms with Crippen LogP contribution in [0, 0.1) is 0 Å². The maximum absolute atomic E-state index is 12.3. The standard InChI is InChI=1S/C15H16N2O4S/c1-2-21-13-5-3-4-12(10-13)17-22(19,20)14-8-6-11(7-9-14)15(16)18/h3-10,17H,2H2,1H3,(H2,16,18). The molecule has 6 nitrogen and oxygen atoms in total. The molecule has 0 atom stereocenters. The second-order valence-corrected chi connectivity index (χ2v) is 6.14. The van der Waals surface area contributed by atoms with E-state index in [0.717, 1.165) is 0 Å². The summed E-state index contributed by atoms with van der Waals surface area (Å²) in [7, 11) is -3.75. The van der Waals surface area contributed by atoms with Crippen molar-refractivity contribution in [3.8, 4) is 5.75 Å². The van der Waals surface area contributed by atoms with Gasteiger partial charge in [0.2, 0.25) is 5.91 Å². The summed E-state index contributed by atoms with van der Waals surface area (Å²) >= 11 is 0. The van der Waals surface area contributed by atoms with Crippen LogP contribution in [0.15, 0.2) is 53.4 Å². The number of hydrogen-bond acceptors (Lipinski definition) is 4. The third kappa shape index (κ3) is 3.76. The highest BCUT2D eigenvalue weighted by Gasteiger charge is 2.15. The monoisotopic (exact) mass is 320 g/mol. The van der Waals surface area contributed by atoms with Crippen LogP contribution in [-0.2, 0) is 10.0 Å². The summed E-state index contributed by atoms with van der Waals surface area (Å²) in [4.78, 5) is 11.0. The van der Waals surface area contributed by atoms with Crippen LogP contribution in [0.4, 0.5) is 5.69 Å². The fourth-order valence-corrected chi connectivity index (χ4v) is 2.88. The van der Waals surface area contributed by atoms with Gasteiger partial charge in [-0.3, -0.25) is 9.52 Å². The van der Waals surface area contributed by atoms with E-state index in [0.29, 0.717) is 18.0 Å². The first-order valence-corrected chi connectivity index (χ1v) is 8.06. The molecule has 0 bridgehead atoms. The van der Waals surface area contributed by atoms with Gasteiger partial charge in [0.15, 0.2) is 0 Å². The minimum absolute atomic E-state index is 0.0410. The molecular formula is C15H16N2O4S. The molecule has 3 N–H and O–H groups in total. The van der Waals surface area contributed by atoms with Crippen LogP contribution in [-0.4, -0.2) is 20.9 Å². The molecule has 1 amide bonds. The molecule has 0 heterocycles. The Bertz CT molecular complexity index is 770. The van der Waals surface area contributed by atoms with Crippen molar-refractivity contribution in [2.45, 2.75) is 11.8 Å². The predicted octanol–water partition coefficient (Wildman–Crippen LogP) is 1.98. The Balaban J connectivity index is 2.23. The third-order valence-corrected chi connectivity index (χ3v) is 4.24. The number of ether oxygens (including phenoxy) is 1. The number of carbonyl (C=O) groups is 1. The number of primary amides is 1. The lowest BCUT2D eigenvalue weighted by Crippen LogP contribution is -2.14. The van der Waals surface area contributed by atoms with Crippen molar-refractivity contribution in [3.63, 3.8) is 0 Å². The maximum atomic E-state index is 12.3. The summed E-state index contributed by atoms with van der Waals surface area (Å²) in [6.07, 6.45) is 0. The quantitative estimate of drug-likeness (QED) is 0.850. The number of nitrogens with two attached hydrogens (primary N) is 1. The average molecular weight is 320 g/mol. The van der Waals surface area contributed by atoms with Crippen LogP contribution < -0.4 is 15.2 Å². The van der Waals surface area contributed by atoms with E-state index in [9.17, 15) is 13.2 Å². The first-order valence-electron chi connectivity index (χ1n) is 6.58. The van der Waals surface area contributed by atoms with E-state index >= 15 is 0 Å². The summed E-state index contributed by atoms with van der Waals surface area (Å²) in [5.74, 6) is -0.0342. The van der Waals surface area contributed by atoms with E-state index in [2.05, 4.69) is 4.72 Å². The highest BCUT2D eigenvalue weighted by atomic mass is 32.2. The second-order valence-electron chi connectivity index (χ2n) is 4.45. The number of amides is 1. The summed E-state index contributed by atoms with van der Waals surface area (Å²) in [5, 5.41) is 0. The van der Waals surface area contributed by atoms with Crippen LogP contribution in [0.3, 0.4) is 0 Å². The third-order valence-electron chi connectivity index (χ3n) is 2.85. The zero-order valence-electron chi connectivity index (χ0n) is 11.9. The van der Waals surface area contributed by atoms with Gasteiger partial charge in [-0.2, -0.15) is 0 Å². The van der Waals surface area contributed by atoms with Crippen LogP contribution in [0.25, 0.3) is 0 Å². The molecule has 0 aliphatic carbocycles. The molecule has 0 fully saturated rings. The largest absolute Gasteiger partial charge is 0.494 e. The van der Waals surface area contributed by atoms with Crippen molar-refractivity contribution in [1.29, 1.82) is 0 Å². The first kappa shape index (κ1) is 15.8. The average Bonchev–Trinajstić information content (AvgIpc) is 2.47. The Hall–Kier alpha value is -2.54. The Kier molecular flexibility index (Phi) is 4.67. The Morgan fingerprint density at radius 1 is 1.18 bits per heavy atom. The SMILES string of the molecule is CCOc1cccc(NS(=O)(=O)c2ccc(C(N)=O)cc2)c1. The molecule has 0 aliphatic heterocycles. The molecule has 0 saturated heterocycles. The van der Waals surface area contributed by atoms with Gasteiger partial charge >= 0.3 is 0 Å². The number of benzene rings is 2. The van der Waals surface area contributed by atoms with Gasteiger partial charge < -0.3 is 10.5 Å². The molecule has 0 unspecified atom stereocenters. The Morgan fingerprint density at radius 3 is 2.45 bits per heavy atom. The van der Waals surface area contributed by atoms with Gasteiger partial charge in [0.25, 0.3) is 10.0 Å². The van der Waals surface area contributed by atoms with E-state index in [4.69, 9.17) is 10.5 Å². The number of carbonyl (C=O) groups excluding carboxylic acids is 1. The molecule has 0 aromatic heterocycles. The molecule has 2 rings (SSSR count). The minimum atomic E-state index is -3.75. The van der Waals surface area contributed by atoms with Crippen molar-refractivity contribution in [2.24, 2.45) is 5.73 Å². The van der Waals surface area contributed by atoms with Crippen molar-refractivity contribution in [2.75, 3.05) is 11.3 Å². The lowest BCUT2D eigenvalue weighted by Gasteiger charge is -2.10. The number of sulfonamides is 1. The molecular weight excluding hydrogens is 304 g/mol.